The lowest BCUT2D eigenvalue weighted by Crippen LogP contribution is -1.98. The van der Waals surface area contributed by atoms with Gasteiger partial charge in [0.2, 0.25) is 6.79 Å². The van der Waals surface area contributed by atoms with Gasteiger partial charge in [-0.15, -0.1) is 11.3 Å². The minimum atomic E-state index is -0.488. The first-order chi connectivity index (χ1) is 12.5. The summed E-state index contributed by atoms with van der Waals surface area (Å²) in [6, 6.07) is 2.86. The summed E-state index contributed by atoms with van der Waals surface area (Å²) in [6.45, 7) is 4.06. The highest BCUT2D eigenvalue weighted by Crippen LogP contribution is 2.37. The fourth-order valence-electron chi connectivity index (χ4n) is 2.64. The van der Waals surface area contributed by atoms with Crippen LogP contribution in [0, 0.1) is 24.0 Å². The van der Waals surface area contributed by atoms with Crippen molar-refractivity contribution in [3.8, 4) is 11.5 Å². The Hall–Kier alpha value is -3.27. The van der Waals surface area contributed by atoms with E-state index in [1.165, 1.54) is 24.7 Å². The summed E-state index contributed by atoms with van der Waals surface area (Å²) >= 11 is 1.58. The Balaban J connectivity index is 1.67. The van der Waals surface area contributed by atoms with Crippen molar-refractivity contribution < 1.29 is 14.4 Å². The molecule has 0 saturated carbocycles. The Morgan fingerprint density at radius 1 is 1.31 bits per heavy atom. The first-order valence-corrected chi connectivity index (χ1v) is 8.44. The number of anilines is 1. The van der Waals surface area contributed by atoms with E-state index < -0.39 is 4.92 Å². The zero-order valence-electron chi connectivity index (χ0n) is 13.8. The van der Waals surface area contributed by atoms with Gasteiger partial charge >= 0.3 is 0 Å². The van der Waals surface area contributed by atoms with Crippen LogP contribution >= 0.6 is 11.3 Å². The molecule has 0 fully saturated rings. The highest BCUT2D eigenvalue weighted by atomic mass is 32.1. The average molecular weight is 371 g/mol. The Morgan fingerprint density at radius 3 is 2.85 bits per heavy atom. The number of hydrogen-bond acceptors (Lipinski definition) is 9. The Labute approximate surface area is 151 Å². The summed E-state index contributed by atoms with van der Waals surface area (Å²) in [6.07, 6.45) is 2.82. The van der Waals surface area contributed by atoms with Crippen molar-refractivity contribution >= 4 is 39.3 Å². The third kappa shape index (κ3) is 2.69. The number of ether oxygens (including phenoxy) is 2. The molecule has 0 amide bonds. The van der Waals surface area contributed by atoms with Crippen LogP contribution < -0.4 is 14.9 Å². The fourth-order valence-corrected chi connectivity index (χ4v) is 3.64. The number of aromatic nitrogens is 2. The zero-order valence-corrected chi connectivity index (χ0v) is 14.7. The third-order valence-electron chi connectivity index (χ3n) is 4.06. The largest absolute Gasteiger partial charge is 0.454 e. The number of hydrogen-bond donors (Lipinski definition) is 1. The maximum Gasteiger partial charge on any atom is 0.282 e. The molecule has 3 heterocycles. The zero-order chi connectivity index (χ0) is 18.3. The number of hydrazone groups is 1. The third-order valence-corrected chi connectivity index (χ3v) is 5.17. The SMILES string of the molecule is Cc1sc2ncnc(N/N=C/c3cc4c(cc3[N+](=O)[O-])OCO4)c2c1C. The number of rotatable bonds is 4. The molecule has 26 heavy (non-hydrogen) atoms. The topological polar surface area (TPSA) is 112 Å². The molecule has 0 spiro atoms. The Bertz CT molecular complexity index is 1060. The van der Waals surface area contributed by atoms with Gasteiger partial charge in [0.1, 0.15) is 11.2 Å². The number of nitrogens with one attached hydrogen (secondary N) is 1. The van der Waals surface area contributed by atoms with Crippen LogP contribution in [0.2, 0.25) is 0 Å². The standard InChI is InChI=1S/C16H13N5O4S/c1-8-9(2)26-16-14(8)15(17-6-18-16)20-19-5-10-3-12-13(25-7-24-12)4-11(10)21(22)23/h3-6H,7H2,1-2H3,(H,17,18,20)/b19-5+. The second-order valence-corrected chi connectivity index (χ2v) is 6.78. The maximum absolute atomic E-state index is 11.3. The molecular weight excluding hydrogens is 358 g/mol. The van der Waals surface area contributed by atoms with E-state index in [-0.39, 0.29) is 12.5 Å². The van der Waals surface area contributed by atoms with Crippen molar-refractivity contribution in [2.75, 3.05) is 12.2 Å². The van der Waals surface area contributed by atoms with E-state index in [0.717, 1.165) is 20.7 Å². The van der Waals surface area contributed by atoms with Crippen molar-refractivity contribution in [2.24, 2.45) is 5.10 Å². The molecule has 3 aromatic rings. The highest BCUT2D eigenvalue weighted by molar-refractivity contribution is 7.18. The van der Waals surface area contributed by atoms with Gasteiger partial charge in [-0.1, -0.05) is 0 Å². The number of benzene rings is 1. The molecule has 0 unspecified atom stereocenters. The number of fused-ring (bicyclic) bond motifs is 2. The van der Waals surface area contributed by atoms with Crippen LogP contribution in [0.3, 0.4) is 0 Å². The summed E-state index contributed by atoms with van der Waals surface area (Å²) in [7, 11) is 0. The lowest BCUT2D eigenvalue weighted by Gasteiger charge is -2.03. The van der Waals surface area contributed by atoms with Crippen LogP contribution in [-0.4, -0.2) is 27.9 Å². The van der Waals surface area contributed by atoms with E-state index in [2.05, 4.69) is 20.5 Å². The van der Waals surface area contributed by atoms with Crippen molar-refractivity contribution in [3.63, 3.8) is 0 Å². The molecule has 0 saturated heterocycles. The molecule has 10 heteroatoms. The van der Waals surface area contributed by atoms with E-state index >= 15 is 0 Å². The minimum absolute atomic E-state index is 0.0427. The predicted octanol–water partition coefficient (Wildman–Crippen LogP) is 3.39. The van der Waals surface area contributed by atoms with E-state index in [9.17, 15) is 10.1 Å². The van der Waals surface area contributed by atoms with Crippen LogP contribution in [0.4, 0.5) is 11.5 Å². The van der Waals surface area contributed by atoms with Gasteiger partial charge in [0, 0.05) is 4.88 Å². The summed E-state index contributed by atoms with van der Waals surface area (Å²) in [5, 5.41) is 16.3. The molecule has 0 aliphatic carbocycles. The molecule has 0 atom stereocenters. The molecule has 1 N–H and O–H groups in total. The highest BCUT2D eigenvalue weighted by Gasteiger charge is 2.22. The number of nitro benzene ring substituents is 1. The van der Waals surface area contributed by atoms with Crippen LogP contribution in [0.1, 0.15) is 16.0 Å². The molecule has 1 aliphatic rings. The minimum Gasteiger partial charge on any atom is -0.454 e. The van der Waals surface area contributed by atoms with Crippen molar-refractivity contribution in [2.45, 2.75) is 13.8 Å². The van der Waals surface area contributed by atoms with Crippen LogP contribution in [0.5, 0.6) is 11.5 Å². The van der Waals surface area contributed by atoms with E-state index in [1.807, 2.05) is 13.8 Å². The molecule has 4 rings (SSSR count). The van der Waals surface area contributed by atoms with Gasteiger partial charge < -0.3 is 9.47 Å². The number of nitro groups is 1. The molecular formula is C16H13N5O4S. The molecule has 1 aromatic carbocycles. The quantitative estimate of drug-likeness (QED) is 0.425. The van der Waals surface area contributed by atoms with Gasteiger partial charge in [0.05, 0.1) is 28.2 Å². The van der Waals surface area contributed by atoms with Gasteiger partial charge in [-0.3, -0.25) is 15.5 Å². The molecule has 132 valence electrons. The predicted molar refractivity (Wildman–Crippen MR) is 97.3 cm³/mol. The summed E-state index contributed by atoms with van der Waals surface area (Å²) < 4.78 is 10.4. The second kappa shape index (κ2) is 6.23. The molecule has 1 aliphatic heterocycles. The van der Waals surface area contributed by atoms with Crippen molar-refractivity contribution in [1.82, 2.24) is 9.97 Å². The van der Waals surface area contributed by atoms with Gasteiger partial charge in [-0.05, 0) is 25.5 Å². The lowest BCUT2D eigenvalue weighted by atomic mass is 10.1. The lowest BCUT2D eigenvalue weighted by molar-refractivity contribution is -0.385. The average Bonchev–Trinajstić information content (AvgIpc) is 3.18. The summed E-state index contributed by atoms with van der Waals surface area (Å²) in [5.74, 6) is 1.35. The summed E-state index contributed by atoms with van der Waals surface area (Å²) in [5.41, 5.74) is 4.12. The van der Waals surface area contributed by atoms with Gasteiger partial charge in [-0.2, -0.15) is 5.10 Å². The molecule has 0 bridgehead atoms. The number of thiophene rings is 1. The van der Waals surface area contributed by atoms with Crippen molar-refractivity contribution in [1.29, 1.82) is 0 Å². The van der Waals surface area contributed by atoms with Crippen LogP contribution in [0.15, 0.2) is 23.6 Å². The molecule has 9 nitrogen and oxygen atoms in total. The smallest absolute Gasteiger partial charge is 0.282 e. The molecule has 0 radical (unpaired) electrons. The van der Waals surface area contributed by atoms with Gasteiger partial charge in [-0.25, -0.2) is 9.97 Å². The monoisotopic (exact) mass is 371 g/mol. The Morgan fingerprint density at radius 2 is 2.08 bits per heavy atom. The Kier molecular flexibility index (Phi) is 3.88. The van der Waals surface area contributed by atoms with Crippen LogP contribution in [-0.2, 0) is 0 Å². The van der Waals surface area contributed by atoms with E-state index in [0.29, 0.717) is 22.9 Å². The van der Waals surface area contributed by atoms with Crippen LogP contribution in [0.25, 0.3) is 10.2 Å². The fraction of sp³-hybridized carbons (Fsp3) is 0.188. The van der Waals surface area contributed by atoms with Gasteiger partial charge in [0.25, 0.3) is 5.69 Å². The normalized spacial score (nSPS) is 12.8. The van der Waals surface area contributed by atoms with Crippen molar-refractivity contribution in [3.05, 3.63) is 44.6 Å². The maximum atomic E-state index is 11.3. The van der Waals surface area contributed by atoms with Gasteiger partial charge in [0.15, 0.2) is 17.3 Å². The number of aryl methyl sites for hydroxylation is 2. The summed E-state index contributed by atoms with van der Waals surface area (Å²) in [4.78, 5) is 21.3. The first-order valence-electron chi connectivity index (χ1n) is 7.62. The molecule has 2 aromatic heterocycles. The van der Waals surface area contributed by atoms with E-state index in [4.69, 9.17) is 9.47 Å². The second-order valence-electron chi connectivity index (χ2n) is 5.58. The van der Waals surface area contributed by atoms with E-state index in [1.54, 1.807) is 11.3 Å². The first kappa shape index (κ1) is 16.2. The number of nitrogens with zero attached hydrogens (tertiary/aromatic N) is 4.